The molecule has 0 aliphatic carbocycles. The Bertz CT molecular complexity index is 847. The minimum Gasteiger partial charge on any atom is -0.301 e. The number of carbonyl (C=O) groups is 1. The Kier molecular flexibility index (Phi) is 5.35. The summed E-state index contributed by atoms with van der Waals surface area (Å²) in [6.45, 7) is 3.96. The lowest BCUT2D eigenvalue weighted by Gasteiger charge is -2.34. The van der Waals surface area contributed by atoms with Crippen LogP contribution in [0.4, 0.5) is 5.13 Å². The SMILES string of the molecule is CC(C)(C(=O)Nc1nccs1)C(c1ccccc1)c1cccc(Br)c1. The second-order valence-electron chi connectivity index (χ2n) is 6.41. The zero-order valence-electron chi connectivity index (χ0n) is 14.1. The maximum absolute atomic E-state index is 13.0. The van der Waals surface area contributed by atoms with Crippen molar-refractivity contribution in [3.05, 3.63) is 81.8 Å². The van der Waals surface area contributed by atoms with E-state index in [-0.39, 0.29) is 11.8 Å². The highest BCUT2D eigenvalue weighted by molar-refractivity contribution is 9.10. The van der Waals surface area contributed by atoms with Crippen molar-refractivity contribution in [2.45, 2.75) is 19.8 Å². The van der Waals surface area contributed by atoms with Crippen molar-refractivity contribution in [2.75, 3.05) is 5.32 Å². The van der Waals surface area contributed by atoms with E-state index >= 15 is 0 Å². The van der Waals surface area contributed by atoms with Crippen molar-refractivity contribution in [2.24, 2.45) is 5.41 Å². The molecule has 1 aromatic heterocycles. The summed E-state index contributed by atoms with van der Waals surface area (Å²) in [6.07, 6.45) is 1.69. The van der Waals surface area contributed by atoms with Crippen LogP contribution in [0.15, 0.2) is 70.6 Å². The predicted molar refractivity (Wildman–Crippen MR) is 107 cm³/mol. The molecule has 0 saturated heterocycles. The van der Waals surface area contributed by atoms with Crippen LogP contribution in [0, 0.1) is 5.41 Å². The predicted octanol–water partition coefficient (Wildman–Crippen LogP) is 5.70. The zero-order valence-corrected chi connectivity index (χ0v) is 16.5. The molecular weight excluding hydrogens is 396 g/mol. The molecule has 0 aliphatic rings. The Morgan fingerprint density at radius 1 is 1.12 bits per heavy atom. The molecule has 1 amide bonds. The fraction of sp³-hybridized carbons (Fsp3) is 0.200. The van der Waals surface area contributed by atoms with Gasteiger partial charge in [-0.3, -0.25) is 4.79 Å². The molecule has 3 nitrogen and oxygen atoms in total. The number of halogens is 1. The van der Waals surface area contributed by atoms with E-state index in [4.69, 9.17) is 0 Å². The number of amides is 1. The molecule has 0 saturated carbocycles. The van der Waals surface area contributed by atoms with Gasteiger partial charge in [-0.25, -0.2) is 4.98 Å². The first-order chi connectivity index (χ1) is 12.0. The Hall–Kier alpha value is -1.98. The molecule has 1 unspecified atom stereocenters. The number of anilines is 1. The molecular formula is C20H19BrN2OS. The van der Waals surface area contributed by atoms with E-state index in [0.717, 1.165) is 15.6 Å². The Balaban J connectivity index is 2.02. The van der Waals surface area contributed by atoms with E-state index in [1.54, 1.807) is 6.20 Å². The first-order valence-electron chi connectivity index (χ1n) is 8.00. The number of thiazole rings is 1. The fourth-order valence-electron chi connectivity index (χ4n) is 3.03. The number of nitrogens with one attached hydrogen (secondary N) is 1. The van der Waals surface area contributed by atoms with Gasteiger partial charge in [0.15, 0.2) is 5.13 Å². The second kappa shape index (κ2) is 7.50. The second-order valence-corrected chi connectivity index (χ2v) is 8.22. The smallest absolute Gasteiger partial charge is 0.232 e. The van der Waals surface area contributed by atoms with Crippen molar-refractivity contribution in [3.8, 4) is 0 Å². The minimum absolute atomic E-state index is 0.0451. The molecule has 0 aliphatic heterocycles. The number of benzene rings is 2. The summed E-state index contributed by atoms with van der Waals surface area (Å²) in [4.78, 5) is 17.2. The summed E-state index contributed by atoms with van der Waals surface area (Å²) < 4.78 is 1.00. The van der Waals surface area contributed by atoms with Crippen LogP contribution in [-0.2, 0) is 4.79 Å². The van der Waals surface area contributed by atoms with E-state index in [9.17, 15) is 4.79 Å². The number of hydrogen-bond acceptors (Lipinski definition) is 3. The Morgan fingerprint density at radius 3 is 2.48 bits per heavy atom. The number of hydrogen-bond donors (Lipinski definition) is 1. The van der Waals surface area contributed by atoms with Crippen LogP contribution in [0.1, 0.15) is 30.9 Å². The monoisotopic (exact) mass is 414 g/mol. The molecule has 0 bridgehead atoms. The highest BCUT2D eigenvalue weighted by atomic mass is 79.9. The van der Waals surface area contributed by atoms with Gasteiger partial charge in [-0.15, -0.1) is 11.3 Å². The van der Waals surface area contributed by atoms with E-state index in [2.05, 4.69) is 50.5 Å². The van der Waals surface area contributed by atoms with Gasteiger partial charge in [0, 0.05) is 22.0 Å². The highest BCUT2D eigenvalue weighted by Crippen LogP contribution is 2.42. The lowest BCUT2D eigenvalue weighted by atomic mass is 9.70. The van der Waals surface area contributed by atoms with Gasteiger partial charge in [0.1, 0.15) is 0 Å². The summed E-state index contributed by atoms with van der Waals surface area (Å²) in [7, 11) is 0. The van der Waals surface area contributed by atoms with E-state index in [1.165, 1.54) is 11.3 Å². The van der Waals surface area contributed by atoms with Crippen LogP contribution >= 0.6 is 27.3 Å². The summed E-state index contributed by atoms with van der Waals surface area (Å²) >= 11 is 4.97. The molecule has 2 aromatic carbocycles. The molecule has 0 fully saturated rings. The van der Waals surface area contributed by atoms with Crippen LogP contribution in [0.2, 0.25) is 0 Å². The van der Waals surface area contributed by atoms with Crippen molar-refractivity contribution in [3.63, 3.8) is 0 Å². The molecule has 1 N–H and O–H groups in total. The van der Waals surface area contributed by atoms with Gasteiger partial charge in [-0.2, -0.15) is 0 Å². The Labute approximate surface area is 160 Å². The molecule has 3 rings (SSSR count). The molecule has 3 aromatic rings. The van der Waals surface area contributed by atoms with Gasteiger partial charge in [-0.1, -0.05) is 72.2 Å². The van der Waals surface area contributed by atoms with E-state index in [1.807, 2.05) is 49.6 Å². The van der Waals surface area contributed by atoms with Gasteiger partial charge in [0.25, 0.3) is 0 Å². The average Bonchev–Trinajstić information content (AvgIpc) is 3.09. The third-order valence-electron chi connectivity index (χ3n) is 4.27. The fourth-order valence-corrected chi connectivity index (χ4v) is 3.97. The third-order valence-corrected chi connectivity index (χ3v) is 5.46. The average molecular weight is 415 g/mol. The standard InChI is InChI=1S/C20H19BrN2OS/c1-20(2,18(24)23-19-22-11-12-25-19)17(14-7-4-3-5-8-14)15-9-6-10-16(21)13-15/h3-13,17H,1-2H3,(H,22,23,24). The van der Waals surface area contributed by atoms with Gasteiger partial charge in [0.05, 0.1) is 5.41 Å². The summed E-state index contributed by atoms with van der Waals surface area (Å²) in [5.74, 6) is -0.123. The molecule has 5 heteroatoms. The summed E-state index contributed by atoms with van der Waals surface area (Å²) in [5, 5.41) is 5.43. The number of aromatic nitrogens is 1. The zero-order chi connectivity index (χ0) is 17.9. The van der Waals surface area contributed by atoms with Crippen molar-refractivity contribution >= 4 is 38.3 Å². The topological polar surface area (TPSA) is 42.0 Å². The molecule has 0 spiro atoms. The molecule has 25 heavy (non-hydrogen) atoms. The largest absolute Gasteiger partial charge is 0.301 e. The van der Waals surface area contributed by atoms with Gasteiger partial charge < -0.3 is 5.32 Å². The van der Waals surface area contributed by atoms with E-state index < -0.39 is 5.41 Å². The molecule has 0 radical (unpaired) electrons. The molecule has 1 atom stereocenters. The first-order valence-corrected chi connectivity index (χ1v) is 9.67. The lowest BCUT2D eigenvalue weighted by Crippen LogP contribution is -2.37. The van der Waals surface area contributed by atoms with Gasteiger partial charge in [-0.05, 0) is 23.3 Å². The van der Waals surface area contributed by atoms with Crippen molar-refractivity contribution in [1.29, 1.82) is 0 Å². The van der Waals surface area contributed by atoms with E-state index in [0.29, 0.717) is 5.13 Å². The Morgan fingerprint density at radius 2 is 1.84 bits per heavy atom. The molecule has 128 valence electrons. The third kappa shape index (κ3) is 3.99. The van der Waals surface area contributed by atoms with Crippen LogP contribution in [0.25, 0.3) is 0 Å². The number of rotatable bonds is 5. The van der Waals surface area contributed by atoms with Crippen molar-refractivity contribution < 1.29 is 4.79 Å². The van der Waals surface area contributed by atoms with Gasteiger partial charge in [0.2, 0.25) is 5.91 Å². The normalized spacial score (nSPS) is 12.6. The van der Waals surface area contributed by atoms with Crippen molar-refractivity contribution in [1.82, 2.24) is 4.98 Å². The van der Waals surface area contributed by atoms with Gasteiger partial charge >= 0.3 is 0 Å². The maximum Gasteiger partial charge on any atom is 0.232 e. The molecule has 1 heterocycles. The van der Waals surface area contributed by atoms with Crippen LogP contribution in [0.5, 0.6) is 0 Å². The number of nitrogens with zero attached hydrogens (tertiary/aromatic N) is 1. The number of carbonyl (C=O) groups excluding carboxylic acids is 1. The maximum atomic E-state index is 13.0. The summed E-state index contributed by atoms with van der Waals surface area (Å²) in [6, 6.07) is 18.3. The lowest BCUT2D eigenvalue weighted by molar-refractivity contribution is -0.124. The quantitative estimate of drug-likeness (QED) is 0.581. The minimum atomic E-state index is -0.659. The van der Waals surface area contributed by atoms with Crippen LogP contribution < -0.4 is 5.32 Å². The van der Waals surface area contributed by atoms with Crippen LogP contribution in [-0.4, -0.2) is 10.9 Å². The highest BCUT2D eigenvalue weighted by Gasteiger charge is 2.39. The first kappa shape index (κ1) is 17.8. The van der Waals surface area contributed by atoms with Crippen LogP contribution in [0.3, 0.4) is 0 Å². The summed E-state index contributed by atoms with van der Waals surface area (Å²) in [5.41, 5.74) is 1.55.